The highest BCUT2D eigenvalue weighted by atomic mass is 19.4. The fourth-order valence-corrected chi connectivity index (χ4v) is 2.59. The number of aryl methyl sites for hydroxylation is 1. The van der Waals surface area contributed by atoms with Crippen molar-refractivity contribution in [1.82, 2.24) is 10.2 Å². The van der Waals surface area contributed by atoms with E-state index in [0.717, 1.165) is 6.42 Å². The molecular formula is C12H18F3N3O. The van der Waals surface area contributed by atoms with E-state index in [1.54, 1.807) is 0 Å². The van der Waals surface area contributed by atoms with Crippen molar-refractivity contribution in [3.8, 4) is 0 Å². The van der Waals surface area contributed by atoms with Gasteiger partial charge in [0.2, 0.25) is 11.8 Å². The van der Waals surface area contributed by atoms with Gasteiger partial charge in [-0.1, -0.05) is 12.8 Å². The van der Waals surface area contributed by atoms with Crippen molar-refractivity contribution < 1.29 is 17.6 Å². The van der Waals surface area contributed by atoms with E-state index < -0.39 is 18.0 Å². The summed E-state index contributed by atoms with van der Waals surface area (Å²) in [7, 11) is 0. The molecule has 0 amide bonds. The number of alkyl halides is 3. The van der Waals surface area contributed by atoms with E-state index in [4.69, 9.17) is 10.2 Å². The van der Waals surface area contributed by atoms with E-state index in [0.29, 0.717) is 38.1 Å². The van der Waals surface area contributed by atoms with Crippen LogP contribution in [0.4, 0.5) is 13.2 Å². The molecule has 1 saturated carbocycles. The first kappa shape index (κ1) is 14.3. The van der Waals surface area contributed by atoms with Crippen molar-refractivity contribution in [3.05, 3.63) is 11.8 Å². The molecule has 1 aromatic heterocycles. The second kappa shape index (κ2) is 5.90. The van der Waals surface area contributed by atoms with Crippen molar-refractivity contribution in [2.45, 2.75) is 50.6 Å². The summed E-state index contributed by atoms with van der Waals surface area (Å²) in [5, 5.41) is 7.60. The Kier molecular flexibility index (Phi) is 4.44. The van der Waals surface area contributed by atoms with Crippen LogP contribution in [0.5, 0.6) is 0 Å². The quantitative estimate of drug-likeness (QED) is 0.919. The molecule has 0 radical (unpaired) electrons. The molecule has 108 valence electrons. The summed E-state index contributed by atoms with van der Waals surface area (Å²) in [6, 6.07) is 0. The number of nitrogens with zero attached hydrogens (tertiary/aromatic N) is 2. The fourth-order valence-electron chi connectivity index (χ4n) is 2.59. The van der Waals surface area contributed by atoms with Crippen molar-refractivity contribution in [2.24, 2.45) is 11.7 Å². The Labute approximate surface area is 109 Å². The van der Waals surface area contributed by atoms with Gasteiger partial charge in [-0.3, -0.25) is 0 Å². The third-order valence-corrected chi connectivity index (χ3v) is 3.58. The molecule has 0 aliphatic heterocycles. The molecule has 1 heterocycles. The van der Waals surface area contributed by atoms with Gasteiger partial charge in [-0.15, -0.1) is 10.2 Å². The van der Waals surface area contributed by atoms with Crippen LogP contribution in [0.1, 0.15) is 49.8 Å². The number of hydrogen-bond acceptors (Lipinski definition) is 4. The van der Waals surface area contributed by atoms with E-state index in [1.807, 2.05) is 0 Å². The van der Waals surface area contributed by atoms with Crippen LogP contribution in [0, 0.1) is 5.92 Å². The van der Waals surface area contributed by atoms with Gasteiger partial charge in [-0.2, -0.15) is 13.2 Å². The third-order valence-electron chi connectivity index (χ3n) is 3.58. The van der Waals surface area contributed by atoms with E-state index in [-0.39, 0.29) is 12.3 Å². The Morgan fingerprint density at radius 1 is 1.21 bits per heavy atom. The summed E-state index contributed by atoms with van der Waals surface area (Å²) in [5.74, 6) is -1.53. The Balaban J connectivity index is 2.11. The average molecular weight is 277 g/mol. The zero-order chi connectivity index (χ0) is 13.9. The normalized spacial score (nSPS) is 24.6. The highest BCUT2D eigenvalue weighted by Gasteiger charge is 2.47. The largest absolute Gasteiger partial charge is 0.425 e. The summed E-state index contributed by atoms with van der Waals surface area (Å²) in [4.78, 5) is 0. The zero-order valence-electron chi connectivity index (χ0n) is 10.6. The monoisotopic (exact) mass is 277 g/mol. The minimum atomic E-state index is -4.20. The van der Waals surface area contributed by atoms with Gasteiger partial charge in [0.15, 0.2) is 0 Å². The molecule has 1 aromatic rings. The van der Waals surface area contributed by atoms with Gasteiger partial charge in [0.05, 0.1) is 5.92 Å². The van der Waals surface area contributed by atoms with Crippen molar-refractivity contribution >= 4 is 0 Å². The lowest BCUT2D eigenvalue weighted by atomic mass is 9.79. The average Bonchev–Trinajstić information content (AvgIpc) is 2.84. The summed E-state index contributed by atoms with van der Waals surface area (Å²) in [5.41, 5.74) is 5.37. The van der Waals surface area contributed by atoms with Crippen LogP contribution in [0.2, 0.25) is 0 Å². The highest BCUT2D eigenvalue weighted by molar-refractivity contribution is 4.99. The molecule has 7 heteroatoms. The second-order valence-corrected chi connectivity index (χ2v) is 4.97. The summed E-state index contributed by atoms with van der Waals surface area (Å²) < 4.78 is 44.3. The molecule has 2 N–H and O–H groups in total. The minimum absolute atomic E-state index is 0.133. The van der Waals surface area contributed by atoms with Crippen LogP contribution >= 0.6 is 0 Å². The number of aromatic nitrogens is 2. The Morgan fingerprint density at radius 3 is 2.63 bits per heavy atom. The summed E-state index contributed by atoms with van der Waals surface area (Å²) in [6.45, 7) is 0.492. The molecule has 0 bridgehead atoms. The second-order valence-electron chi connectivity index (χ2n) is 4.97. The van der Waals surface area contributed by atoms with Crippen LogP contribution in [-0.4, -0.2) is 22.9 Å². The molecule has 2 atom stereocenters. The lowest BCUT2D eigenvalue weighted by Crippen LogP contribution is -2.31. The Hall–Kier alpha value is -1.11. The molecule has 0 saturated heterocycles. The predicted molar refractivity (Wildman–Crippen MR) is 62.4 cm³/mol. The maximum atomic E-state index is 13.0. The maximum Gasteiger partial charge on any atom is 0.392 e. The lowest BCUT2D eigenvalue weighted by molar-refractivity contribution is -0.188. The van der Waals surface area contributed by atoms with Crippen LogP contribution in [0.25, 0.3) is 0 Å². The molecule has 19 heavy (non-hydrogen) atoms. The Morgan fingerprint density at radius 2 is 1.95 bits per heavy atom. The molecule has 0 aromatic carbocycles. The fraction of sp³-hybridized carbons (Fsp3) is 0.833. The SMILES string of the molecule is NCCCc1nnc(C2CCCCC2C(F)(F)F)o1. The van der Waals surface area contributed by atoms with Crippen molar-refractivity contribution in [3.63, 3.8) is 0 Å². The standard InChI is InChI=1S/C12H18F3N3O/c13-12(14,15)9-5-2-1-4-8(9)11-18-17-10(19-11)6-3-7-16/h8-9H,1-7,16H2. The first-order chi connectivity index (χ1) is 9.02. The molecule has 1 aliphatic rings. The van der Waals surface area contributed by atoms with Crippen LogP contribution in [0.3, 0.4) is 0 Å². The number of rotatable bonds is 4. The number of nitrogens with two attached hydrogens (primary N) is 1. The molecule has 1 aliphatic carbocycles. The van der Waals surface area contributed by atoms with Gasteiger partial charge in [0.1, 0.15) is 0 Å². The first-order valence-electron chi connectivity index (χ1n) is 6.61. The number of hydrogen-bond donors (Lipinski definition) is 1. The van der Waals surface area contributed by atoms with Gasteiger partial charge >= 0.3 is 6.18 Å². The molecule has 4 nitrogen and oxygen atoms in total. The predicted octanol–water partition coefficient (Wildman–Crippen LogP) is 2.80. The zero-order valence-corrected chi connectivity index (χ0v) is 10.6. The minimum Gasteiger partial charge on any atom is -0.425 e. The van der Waals surface area contributed by atoms with Gasteiger partial charge in [-0.25, -0.2) is 0 Å². The van der Waals surface area contributed by atoms with Crippen molar-refractivity contribution in [2.75, 3.05) is 6.54 Å². The third kappa shape index (κ3) is 3.46. The summed E-state index contributed by atoms with van der Waals surface area (Å²) >= 11 is 0. The van der Waals surface area contributed by atoms with Gasteiger partial charge < -0.3 is 10.2 Å². The van der Waals surface area contributed by atoms with E-state index in [2.05, 4.69) is 10.2 Å². The topological polar surface area (TPSA) is 64.9 Å². The van der Waals surface area contributed by atoms with Crippen LogP contribution in [0.15, 0.2) is 4.42 Å². The lowest BCUT2D eigenvalue weighted by Gasteiger charge is -2.30. The smallest absolute Gasteiger partial charge is 0.392 e. The first-order valence-corrected chi connectivity index (χ1v) is 6.61. The van der Waals surface area contributed by atoms with Gasteiger partial charge in [-0.05, 0) is 25.8 Å². The summed E-state index contributed by atoms with van der Waals surface area (Å²) in [6.07, 6.45) is -0.997. The van der Waals surface area contributed by atoms with Crippen LogP contribution < -0.4 is 5.73 Å². The highest BCUT2D eigenvalue weighted by Crippen LogP contribution is 2.45. The molecule has 2 unspecified atom stereocenters. The number of halogens is 3. The molecule has 1 fully saturated rings. The van der Waals surface area contributed by atoms with Crippen LogP contribution in [-0.2, 0) is 6.42 Å². The van der Waals surface area contributed by atoms with Gasteiger partial charge in [0.25, 0.3) is 0 Å². The van der Waals surface area contributed by atoms with Crippen molar-refractivity contribution in [1.29, 1.82) is 0 Å². The molecular weight excluding hydrogens is 259 g/mol. The Bertz CT molecular complexity index is 405. The molecule has 0 spiro atoms. The van der Waals surface area contributed by atoms with Gasteiger partial charge in [0, 0.05) is 12.3 Å². The maximum absolute atomic E-state index is 13.0. The van der Waals surface area contributed by atoms with E-state index in [9.17, 15) is 13.2 Å². The van der Waals surface area contributed by atoms with E-state index >= 15 is 0 Å². The van der Waals surface area contributed by atoms with E-state index in [1.165, 1.54) is 0 Å². The molecule has 2 rings (SSSR count).